The second-order valence-electron chi connectivity index (χ2n) is 7.70. The van der Waals surface area contributed by atoms with Crippen LogP contribution in [0.1, 0.15) is 29.8 Å². The number of nitrogens with two attached hydrogens (primary N) is 1. The van der Waals surface area contributed by atoms with E-state index in [1.54, 1.807) is 36.4 Å². The lowest BCUT2D eigenvalue weighted by Gasteiger charge is -2.19. The standard InChI is InChI=1S/C21H26N4O4S/c1-14(2)12-23-21(27)17-5-3-4-6-18(17)24-20(26)13-25-10-9-15-11-16(30(22,28)29)7-8-19(15)25/h3-8,11,14H,9-10,12-13H2,1-2H3,(H,23,27)(H,24,26)(H2,22,28,29). The number of carbonyl (C=O) groups is 2. The first-order chi connectivity index (χ1) is 14.1. The van der Waals surface area contributed by atoms with Crippen LogP contribution >= 0.6 is 0 Å². The molecule has 0 aliphatic carbocycles. The fourth-order valence-corrected chi connectivity index (χ4v) is 3.90. The Bertz CT molecular complexity index is 1070. The summed E-state index contributed by atoms with van der Waals surface area (Å²) in [5, 5.41) is 10.9. The Balaban J connectivity index is 1.69. The molecule has 1 aliphatic rings. The van der Waals surface area contributed by atoms with Gasteiger partial charge in [0.25, 0.3) is 5.91 Å². The number of rotatable bonds is 7. The van der Waals surface area contributed by atoms with Crippen molar-refractivity contribution in [3.8, 4) is 0 Å². The van der Waals surface area contributed by atoms with Crippen molar-refractivity contribution in [3.05, 3.63) is 53.6 Å². The molecule has 0 unspecified atom stereocenters. The summed E-state index contributed by atoms with van der Waals surface area (Å²) in [5.74, 6) is -0.176. The predicted molar refractivity (Wildman–Crippen MR) is 116 cm³/mol. The normalized spacial score (nSPS) is 13.3. The summed E-state index contributed by atoms with van der Waals surface area (Å²) in [6.07, 6.45) is 0.625. The lowest BCUT2D eigenvalue weighted by molar-refractivity contribution is -0.115. The van der Waals surface area contributed by atoms with Crippen LogP contribution in [0.2, 0.25) is 0 Å². The van der Waals surface area contributed by atoms with Crippen molar-refractivity contribution in [2.75, 3.05) is 29.9 Å². The third-order valence-corrected chi connectivity index (χ3v) is 5.73. The second-order valence-corrected chi connectivity index (χ2v) is 9.27. The molecule has 0 fully saturated rings. The fraction of sp³-hybridized carbons (Fsp3) is 0.333. The zero-order valence-corrected chi connectivity index (χ0v) is 17.8. The maximum atomic E-state index is 12.6. The van der Waals surface area contributed by atoms with Gasteiger partial charge >= 0.3 is 0 Å². The van der Waals surface area contributed by atoms with Gasteiger partial charge in [0, 0.05) is 18.8 Å². The van der Waals surface area contributed by atoms with Gasteiger partial charge in [-0.15, -0.1) is 0 Å². The number of benzene rings is 2. The summed E-state index contributed by atoms with van der Waals surface area (Å²) < 4.78 is 23.1. The summed E-state index contributed by atoms with van der Waals surface area (Å²) in [7, 11) is -3.76. The second kappa shape index (κ2) is 8.85. The van der Waals surface area contributed by atoms with Crippen LogP contribution in [0.15, 0.2) is 47.4 Å². The average molecular weight is 431 g/mol. The van der Waals surface area contributed by atoms with Crippen molar-refractivity contribution in [1.29, 1.82) is 0 Å². The molecule has 0 saturated carbocycles. The summed E-state index contributed by atoms with van der Waals surface area (Å²) in [4.78, 5) is 27.0. The topological polar surface area (TPSA) is 122 Å². The number of nitrogens with zero attached hydrogens (tertiary/aromatic N) is 1. The third kappa shape index (κ3) is 5.17. The number of primary sulfonamides is 1. The zero-order valence-electron chi connectivity index (χ0n) is 17.0. The molecular formula is C21H26N4O4S. The molecule has 2 aromatic rings. The molecule has 2 aromatic carbocycles. The largest absolute Gasteiger partial charge is 0.362 e. The van der Waals surface area contributed by atoms with Crippen LogP contribution in [-0.2, 0) is 21.2 Å². The van der Waals surface area contributed by atoms with E-state index in [4.69, 9.17) is 5.14 Å². The van der Waals surface area contributed by atoms with Crippen LogP contribution < -0.4 is 20.7 Å². The molecule has 0 saturated heterocycles. The van der Waals surface area contributed by atoms with E-state index in [9.17, 15) is 18.0 Å². The number of hydrogen-bond donors (Lipinski definition) is 3. The van der Waals surface area contributed by atoms with E-state index in [1.165, 1.54) is 6.07 Å². The van der Waals surface area contributed by atoms with E-state index in [1.807, 2.05) is 18.7 Å². The molecule has 1 heterocycles. The number of fused-ring (bicyclic) bond motifs is 1. The Morgan fingerprint density at radius 3 is 2.60 bits per heavy atom. The minimum Gasteiger partial charge on any atom is -0.362 e. The van der Waals surface area contributed by atoms with Crippen LogP contribution in [0.4, 0.5) is 11.4 Å². The maximum absolute atomic E-state index is 12.6. The minimum absolute atomic E-state index is 0.0638. The highest BCUT2D eigenvalue weighted by molar-refractivity contribution is 7.89. The maximum Gasteiger partial charge on any atom is 0.253 e. The quantitative estimate of drug-likeness (QED) is 0.617. The Kier molecular flexibility index (Phi) is 6.42. The molecule has 9 heteroatoms. The Labute approximate surface area is 176 Å². The highest BCUT2D eigenvalue weighted by atomic mass is 32.2. The summed E-state index contributed by atoms with van der Waals surface area (Å²) >= 11 is 0. The smallest absolute Gasteiger partial charge is 0.253 e. The first kappa shape index (κ1) is 21.8. The van der Waals surface area contributed by atoms with Crippen molar-refractivity contribution in [2.24, 2.45) is 11.1 Å². The number of anilines is 2. The van der Waals surface area contributed by atoms with Gasteiger partial charge in [-0.1, -0.05) is 26.0 Å². The Morgan fingerprint density at radius 1 is 1.17 bits per heavy atom. The summed E-state index contributed by atoms with van der Waals surface area (Å²) in [5.41, 5.74) is 2.50. The van der Waals surface area contributed by atoms with Crippen LogP contribution in [0, 0.1) is 5.92 Å². The van der Waals surface area contributed by atoms with Crippen molar-refractivity contribution in [2.45, 2.75) is 25.2 Å². The number of para-hydroxylation sites is 1. The van der Waals surface area contributed by atoms with Crippen molar-refractivity contribution < 1.29 is 18.0 Å². The van der Waals surface area contributed by atoms with Crippen molar-refractivity contribution in [3.63, 3.8) is 0 Å². The molecule has 0 bridgehead atoms. The van der Waals surface area contributed by atoms with E-state index in [0.29, 0.717) is 36.7 Å². The van der Waals surface area contributed by atoms with Gasteiger partial charge in [0.1, 0.15) is 0 Å². The third-order valence-electron chi connectivity index (χ3n) is 4.82. The highest BCUT2D eigenvalue weighted by Crippen LogP contribution is 2.29. The van der Waals surface area contributed by atoms with Gasteiger partial charge in [-0.05, 0) is 48.2 Å². The van der Waals surface area contributed by atoms with Gasteiger partial charge in [0.05, 0.1) is 22.7 Å². The van der Waals surface area contributed by atoms with Crippen LogP contribution in [0.25, 0.3) is 0 Å². The van der Waals surface area contributed by atoms with Gasteiger partial charge in [0.15, 0.2) is 0 Å². The molecule has 1 aliphatic heterocycles. The van der Waals surface area contributed by atoms with E-state index in [0.717, 1.165) is 11.3 Å². The van der Waals surface area contributed by atoms with E-state index in [2.05, 4.69) is 10.6 Å². The Hall–Kier alpha value is -2.91. The first-order valence-electron chi connectivity index (χ1n) is 9.73. The molecule has 0 radical (unpaired) electrons. The van der Waals surface area contributed by atoms with Crippen LogP contribution in [0.3, 0.4) is 0 Å². The molecule has 3 rings (SSSR count). The molecule has 4 N–H and O–H groups in total. The van der Waals surface area contributed by atoms with Gasteiger partial charge in [-0.2, -0.15) is 0 Å². The van der Waals surface area contributed by atoms with Gasteiger partial charge < -0.3 is 15.5 Å². The van der Waals surface area contributed by atoms with Gasteiger partial charge in [0.2, 0.25) is 15.9 Å². The molecule has 8 nitrogen and oxygen atoms in total. The molecule has 2 amide bonds. The summed E-state index contributed by atoms with van der Waals surface area (Å²) in [6.45, 7) is 5.24. The van der Waals surface area contributed by atoms with Crippen molar-refractivity contribution >= 4 is 33.2 Å². The van der Waals surface area contributed by atoms with E-state index >= 15 is 0 Å². The molecule has 30 heavy (non-hydrogen) atoms. The lowest BCUT2D eigenvalue weighted by Crippen LogP contribution is -2.33. The number of amides is 2. The number of nitrogens with one attached hydrogen (secondary N) is 2. The predicted octanol–water partition coefficient (Wildman–Crippen LogP) is 1.72. The number of sulfonamides is 1. The highest BCUT2D eigenvalue weighted by Gasteiger charge is 2.23. The molecule has 160 valence electrons. The van der Waals surface area contributed by atoms with E-state index < -0.39 is 10.0 Å². The first-order valence-corrected chi connectivity index (χ1v) is 11.3. The monoisotopic (exact) mass is 430 g/mol. The zero-order chi connectivity index (χ0) is 21.9. The van der Waals surface area contributed by atoms with Crippen LogP contribution in [0.5, 0.6) is 0 Å². The van der Waals surface area contributed by atoms with Crippen molar-refractivity contribution in [1.82, 2.24) is 5.32 Å². The van der Waals surface area contributed by atoms with Crippen LogP contribution in [-0.4, -0.2) is 39.9 Å². The molecule has 0 spiro atoms. The minimum atomic E-state index is -3.76. The SMILES string of the molecule is CC(C)CNC(=O)c1ccccc1NC(=O)CN1CCc2cc(S(N)(=O)=O)ccc21. The average Bonchev–Trinajstić information content (AvgIpc) is 3.08. The fourth-order valence-electron chi connectivity index (χ4n) is 3.33. The van der Waals surface area contributed by atoms with E-state index in [-0.39, 0.29) is 23.3 Å². The molecule has 0 aromatic heterocycles. The lowest BCUT2D eigenvalue weighted by atomic mass is 10.1. The summed E-state index contributed by atoms with van der Waals surface area (Å²) in [6, 6.07) is 11.5. The molecule has 0 atom stereocenters. The van der Waals surface area contributed by atoms with Gasteiger partial charge in [-0.3, -0.25) is 9.59 Å². The molecular weight excluding hydrogens is 404 g/mol. The number of carbonyl (C=O) groups excluding carboxylic acids is 2. The number of hydrogen-bond acceptors (Lipinski definition) is 5. The van der Waals surface area contributed by atoms with Gasteiger partial charge in [-0.25, -0.2) is 13.6 Å². The Morgan fingerprint density at radius 2 is 1.90 bits per heavy atom.